The summed E-state index contributed by atoms with van der Waals surface area (Å²) < 4.78 is 5.76. The lowest BCUT2D eigenvalue weighted by atomic mass is 9.58. The van der Waals surface area contributed by atoms with Crippen LogP contribution in [-0.2, 0) is 9.53 Å². The molecule has 1 atom stereocenters. The molecule has 0 rings (SSSR count). The Kier molecular flexibility index (Phi) is 7.40. The van der Waals surface area contributed by atoms with Gasteiger partial charge in [0.25, 0.3) is 0 Å². The van der Waals surface area contributed by atoms with E-state index in [1.807, 2.05) is 0 Å². The molecular formula is C19H40O2Si. The van der Waals surface area contributed by atoms with E-state index in [4.69, 9.17) is 4.74 Å². The van der Waals surface area contributed by atoms with Gasteiger partial charge in [0.05, 0.1) is 12.0 Å². The van der Waals surface area contributed by atoms with Crippen molar-refractivity contribution in [2.75, 3.05) is 6.61 Å². The van der Waals surface area contributed by atoms with Gasteiger partial charge in [-0.05, 0) is 36.6 Å². The highest BCUT2D eigenvalue weighted by Crippen LogP contribution is 2.50. The largest absolute Gasteiger partial charge is 0.466 e. The van der Waals surface area contributed by atoms with E-state index in [1.165, 1.54) is 0 Å². The van der Waals surface area contributed by atoms with Crippen LogP contribution < -0.4 is 0 Å². The maximum atomic E-state index is 12.9. The van der Waals surface area contributed by atoms with Gasteiger partial charge in [-0.25, -0.2) is 0 Å². The smallest absolute Gasteiger partial charge is 0.312 e. The van der Waals surface area contributed by atoms with Crippen LogP contribution >= 0.6 is 0 Å². The quantitative estimate of drug-likeness (QED) is 0.375. The number of rotatable bonds is 9. The molecule has 0 aromatic carbocycles. The standard InChI is InChI=1S/C19H40O2Si/c1-11-17(3,4)15-19(7,18(5,6)12-2)16(20)21-13-14-22(8,9)10/h11-15H2,1-10H3. The van der Waals surface area contributed by atoms with Crippen molar-refractivity contribution in [3.63, 3.8) is 0 Å². The van der Waals surface area contributed by atoms with Gasteiger partial charge < -0.3 is 4.74 Å². The summed E-state index contributed by atoms with van der Waals surface area (Å²) in [6.07, 6.45) is 2.93. The van der Waals surface area contributed by atoms with Crippen LogP contribution in [0.15, 0.2) is 0 Å². The van der Waals surface area contributed by atoms with Crippen molar-refractivity contribution in [1.82, 2.24) is 0 Å². The molecule has 2 nitrogen and oxygen atoms in total. The summed E-state index contributed by atoms with van der Waals surface area (Å²) >= 11 is 0. The lowest BCUT2D eigenvalue weighted by Crippen LogP contribution is -2.46. The molecule has 0 bridgehead atoms. The third-order valence-corrected chi connectivity index (χ3v) is 7.41. The normalized spacial score (nSPS) is 16.3. The van der Waals surface area contributed by atoms with Crippen molar-refractivity contribution in [2.45, 2.75) is 93.4 Å². The first-order valence-corrected chi connectivity index (χ1v) is 12.6. The summed E-state index contributed by atoms with van der Waals surface area (Å²) in [5.41, 5.74) is -0.338. The minimum absolute atomic E-state index is 0.000810. The molecule has 0 spiro atoms. The third kappa shape index (κ3) is 6.06. The lowest BCUT2D eigenvalue weighted by molar-refractivity contribution is -0.165. The molecule has 0 fully saturated rings. The van der Waals surface area contributed by atoms with Crippen LogP contribution in [0.2, 0.25) is 25.7 Å². The molecule has 0 saturated heterocycles. The molecule has 132 valence electrons. The number of esters is 1. The maximum Gasteiger partial charge on any atom is 0.312 e. The molecule has 0 aromatic rings. The van der Waals surface area contributed by atoms with E-state index >= 15 is 0 Å². The van der Waals surface area contributed by atoms with Gasteiger partial charge in [0.1, 0.15) is 0 Å². The zero-order valence-electron chi connectivity index (χ0n) is 16.9. The highest BCUT2D eigenvalue weighted by Gasteiger charge is 2.49. The fourth-order valence-corrected chi connectivity index (χ4v) is 3.38. The first-order chi connectivity index (χ1) is 9.71. The summed E-state index contributed by atoms with van der Waals surface area (Å²) in [5.74, 6) is -0.000810. The van der Waals surface area contributed by atoms with Gasteiger partial charge >= 0.3 is 5.97 Å². The molecule has 3 heteroatoms. The SMILES string of the molecule is CCC(C)(C)CC(C)(C(=O)OCC[Si](C)(C)C)C(C)(C)CC. The highest BCUT2D eigenvalue weighted by atomic mass is 28.3. The fraction of sp³-hybridized carbons (Fsp3) is 0.947. The second-order valence-corrected chi connectivity index (χ2v) is 15.3. The van der Waals surface area contributed by atoms with Crippen LogP contribution in [0.1, 0.15) is 67.7 Å². The molecule has 0 aliphatic rings. The Labute approximate surface area is 140 Å². The van der Waals surface area contributed by atoms with Crippen LogP contribution in [-0.4, -0.2) is 20.7 Å². The van der Waals surface area contributed by atoms with Crippen molar-refractivity contribution < 1.29 is 9.53 Å². The van der Waals surface area contributed by atoms with Crippen LogP contribution in [0.5, 0.6) is 0 Å². The van der Waals surface area contributed by atoms with Gasteiger partial charge in [-0.15, -0.1) is 0 Å². The molecule has 0 aromatic heterocycles. The molecule has 0 amide bonds. The molecule has 0 saturated carbocycles. The second kappa shape index (κ2) is 7.50. The number of ether oxygens (including phenoxy) is 1. The van der Waals surface area contributed by atoms with E-state index in [9.17, 15) is 4.79 Å². The van der Waals surface area contributed by atoms with E-state index < -0.39 is 13.5 Å². The molecule has 1 unspecified atom stereocenters. The molecule has 0 aliphatic heterocycles. The van der Waals surface area contributed by atoms with E-state index in [-0.39, 0.29) is 16.8 Å². The van der Waals surface area contributed by atoms with Crippen LogP contribution in [0, 0.1) is 16.2 Å². The van der Waals surface area contributed by atoms with Crippen LogP contribution in [0.4, 0.5) is 0 Å². The van der Waals surface area contributed by atoms with Gasteiger partial charge in [-0.2, -0.15) is 0 Å². The van der Waals surface area contributed by atoms with E-state index in [0.29, 0.717) is 6.61 Å². The van der Waals surface area contributed by atoms with E-state index in [1.54, 1.807) is 0 Å². The predicted octanol–water partition coefficient (Wildman–Crippen LogP) is 6.14. The Morgan fingerprint density at radius 2 is 1.45 bits per heavy atom. The Bertz CT molecular complexity index is 366. The molecule has 22 heavy (non-hydrogen) atoms. The summed E-state index contributed by atoms with van der Waals surface area (Å²) in [6.45, 7) is 22.9. The highest BCUT2D eigenvalue weighted by molar-refractivity contribution is 6.76. The van der Waals surface area contributed by atoms with E-state index in [2.05, 4.69) is 68.1 Å². The topological polar surface area (TPSA) is 26.3 Å². The molecule has 0 N–H and O–H groups in total. The molecular weight excluding hydrogens is 288 g/mol. The first-order valence-electron chi connectivity index (χ1n) is 8.88. The zero-order chi connectivity index (χ0) is 17.8. The number of carbonyl (C=O) groups excluding carboxylic acids is 1. The Balaban J connectivity index is 5.21. The number of hydrogen-bond donors (Lipinski definition) is 0. The minimum atomic E-state index is -1.17. The van der Waals surface area contributed by atoms with Gasteiger partial charge in [0.15, 0.2) is 0 Å². The number of carbonyl (C=O) groups is 1. The summed E-state index contributed by atoms with van der Waals surface area (Å²) in [5, 5.41) is 0. The molecule has 0 aliphatic carbocycles. The first kappa shape index (κ1) is 21.7. The van der Waals surface area contributed by atoms with Gasteiger partial charge in [0.2, 0.25) is 0 Å². The van der Waals surface area contributed by atoms with Gasteiger partial charge in [-0.1, -0.05) is 67.6 Å². The third-order valence-electron chi connectivity index (χ3n) is 5.70. The van der Waals surface area contributed by atoms with Crippen LogP contribution in [0.3, 0.4) is 0 Å². The maximum absolute atomic E-state index is 12.9. The van der Waals surface area contributed by atoms with Crippen molar-refractivity contribution in [2.24, 2.45) is 16.2 Å². The minimum Gasteiger partial charge on any atom is -0.466 e. The summed E-state index contributed by atoms with van der Waals surface area (Å²) in [4.78, 5) is 12.9. The van der Waals surface area contributed by atoms with Crippen LogP contribution in [0.25, 0.3) is 0 Å². The zero-order valence-corrected chi connectivity index (χ0v) is 17.9. The Morgan fingerprint density at radius 1 is 0.955 bits per heavy atom. The Hall–Kier alpha value is -0.313. The van der Waals surface area contributed by atoms with E-state index in [0.717, 1.165) is 25.3 Å². The second-order valence-electron chi connectivity index (χ2n) is 9.71. The average Bonchev–Trinajstić information content (AvgIpc) is 2.36. The Morgan fingerprint density at radius 3 is 1.82 bits per heavy atom. The van der Waals surface area contributed by atoms with Gasteiger partial charge in [0, 0.05) is 8.07 Å². The van der Waals surface area contributed by atoms with Gasteiger partial charge in [-0.3, -0.25) is 4.79 Å². The number of hydrogen-bond acceptors (Lipinski definition) is 2. The monoisotopic (exact) mass is 328 g/mol. The van der Waals surface area contributed by atoms with Crippen molar-refractivity contribution in [3.05, 3.63) is 0 Å². The molecule has 0 radical (unpaired) electrons. The summed E-state index contributed by atoms with van der Waals surface area (Å²) in [7, 11) is -1.17. The average molecular weight is 329 g/mol. The van der Waals surface area contributed by atoms with Crippen molar-refractivity contribution in [3.8, 4) is 0 Å². The lowest BCUT2D eigenvalue weighted by Gasteiger charge is -2.45. The molecule has 0 heterocycles. The fourth-order valence-electron chi connectivity index (χ4n) is 2.67. The summed E-state index contributed by atoms with van der Waals surface area (Å²) in [6, 6.07) is 1.04. The van der Waals surface area contributed by atoms with Crippen molar-refractivity contribution >= 4 is 14.0 Å². The van der Waals surface area contributed by atoms with Crippen molar-refractivity contribution in [1.29, 1.82) is 0 Å². The predicted molar refractivity (Wildman–Crippen MR) is 100.0 cm³/mol.